The zero-order valence-corrected chi connectivity index (χ0v) is 17.2. The van der Waals surface area contributed by atoms with Crippen LogP contribution in [0.3, 0.4) is 0 Å². The molecule has 0 saturated heterocycles. The molecule has 0 aliphatic rings. The van der Waals surface area contributed by atoms with Gasteiger partial charge in [-0.25, -0.2) is 14.6 Å². The Morgan fingerprint density at radius 3 is 2.50 bits per heavy atom. The summed E-state index contributed by atoms with van der Waals surface area (Å²) in [7, 11) is 0. The van der Waals surface area contributed by atoms with Gasteiger partial charge in [-0.15, -0.1) is 0 Å². The van der Waals surface area contributed by atoms with Crippen molar-refractivity contribution in [1.29, 1.82) is 0 Å². The lowest BCUT2D eigenvalue weighted by molar-refractivity contribution is -0.123. The Labute approximate surface area is 175 Å². The predicted molar refractivity (Wildman–Crippen MR) is 112 cm³/mol. The fourth-order valence-corrected chi connectivity index (χ4v) is 2.32. The number of ether oxygens (including phenoxy) is 2. The fourth-order valence-electron chi connectivity index (χ4n) is 2.32. The van der Waals surface area contributed by atoms with Crippen LogP contribution in [0.1, 0.15) is 31.1 Å². The number of carbonyl (C=O) groups excluding carboxylic acids is 3. The highest BCUT2D eigenvalue weighted by Gasteiger charge is 2.16. The van der Waals surface area contributed by atoms with E-state index in [4.69, 9.17) is 9.47 Å². The second-order valence-corrected chi connectivity index (χ2v) is 6.71. The van der Waals surface area contributed by atoms with Crippen LogP contribution in [0.5, 0.6) is 5.75 Å². The third kappa shape index (κ3) is 7.42. The molecule has 0 fully saturated rings. The van der Waals surface area contributed by atoms with Gasteiger partial charge in [-0.1, -0.05) is 13.8 Å². The van der Waals surface area contributed by atoms with Gasteiger partial charge in [0.25, 0.3) is 5.91 Å². The van der Waals surface area contributed by atoms with Crippen LogP contribution in [0.2, 0.25) is 0 Å². The topological polar surface area (TPSA) is 119 Å². The molecule has 9 nitrogen and oxygen atoms in total. The predicted octanol–water partition coefficient (Wildman–Crippen LogP) is 2.86. The van der Waals surface area contributed by atoms with Crippen LogP contribution in [0.25, 0.3) is 0 Å². The number of imide groups is 1. The molecule has 0 aliphatic heterocycles. The van der Waals surface area contributed by atoms with E-state index in [2.05, 4.69) is 20.9 Å². The van der Waals surface area contributed by atoms with Crippen molar-refractivity contribution >= 4 is 29.4 Å². The van der Waals surface area contributed by atoms with Crippen LogP contribution < -0.4 is 20.7 Å². The molecule has 0 unspecified atom stereocenters. The van der Waals surface area contributed by atoms with Crippen molar-refractivity contribution in [2.24, 2.45) is 5.92 Å². The zero-order valence-electron chi connectivity index (χ0n) is 17.2. The Hall–Kier alpha value is -3.62. The lowest BCUT2D eigenvalue weighted by atomic mass is 10.2. The Balaban J connectivity index is 1.93. The van der Waals surface area contributed by atoms with Crippen molar-refractivity contribution in [2.75, 3.05) is 25.1 Å². The number of nitrogens with zero attached hydrogens (tertiary/aromatic N) is 1. The van der Waals surface area contributed by atoms with Gasteiger partial charge >= 0.3 is 12.0 Å². The number of pyridine rings is 1. The lowest BCUT2D eigenvalue weighted by Gasteiger charge is -2.12. The summed E-state index contributed by atoms with van der Waals surface area (Å²) in [5.74, 6) is -0.215. The second-order valence-electron chi connectivity index (χ2n) is 6.71. The molecule has 1 aromatic carbocycles. The first kappa shape index (κ1) is 22.7. The molecule has 3 N–H and O–H groups in total. The van der Waals surface area contributed by atoms with Crippen molar-refractivity contribution < 1.29 is 23.9 Å². The third-order valence-electron chi connectivity index (χ3n) is 3.71. The first-order valence-electron chi connectivity index (χ1n) is 9.58. The second kappa shape index (κ2) is 11.4. The first-order valence-corrected chi connectivity index (χ1v) is 9.58. The van der Waals surface area contributed by atoms with Crippen molar-refractivity contribution in [3.8, 4) is 5.75 Å². The number of aromatic nitrogens is 1. The maximum absolute atomic E-state index is 12.4. The molecular formula is C21H26N4O5. The van der Waals surface area contributed by atoms with Crippen molar-refractivity contribution in [2.45, 2.75) is 20.8 Å². The summed E-state index contributed by atoms with van der Waals surface area (Å²) in [6, 6.07) is 9.64. The van der Waals surface area contributed by atoms with Gasteiger partial charge in [0.1, 0.15) is 17.1 Å². The molecule has 0 saturated carbocycles. The number of hydrogen-bond donors (Lipinski definition) is 3. The molecule has 2 aromatic rings. The maximum Gasteiger partial charge on any atom is 0.342 e. The van der Waals surface area contributed by atoms with E-state index >= 15 is 0 Å². The molecule has 1 aromatic heterocycles. The Kier molecular flexibility index (Phi) is 8.61. The van der Waals surface area contributed by atoms with Gasteiger partial charge in [0.15, 0.2) is 6.61 Å². The molecule has 0 bridgehead atoms. The molecule has 1 heterocycles. The number of rotatable bonds is 9. The SMILES string of the molecule is CCOc1ccc(Nc2ncccc2C(=O)OCC(=O)NC(=O)NCC(C)C)cc1. The highest BCUT2D eigenvalue weighted by molar-refractivity contribution is 5.99. The van der Waals surface area contributed by atoms with E-state index < -0.39 is 24.5 Å². The number of nitrogens with one attached hydrogen (secondary N) is 3. The smallest absolute Gasteiger partial charge is 0.342 e. The summed E-state index contributed by atoms with van der Waals surface area (Å²) in [5, 5.41) is 7.68. The van der Waals surface area contributed by atoms with Crippen molar-refractivity contribution in [1.82, 2.24) is 15.6 Å². The maximum atomic E-state index is 12.4. The molecule has 2 rings (SSSR count). The van der Waals surface area contributed by atoms with Gasteiger partial charge in [0.2, 0.25) is 0 Å². The molecule has 0 atom stereocenters. The Morgan fingerprint density at radius 2 is 1.83 bits per heavy atom. The van der Waals surface area contributed by atoms with Crippen molar-refractivity contribution in [3.05, 3.63) is 48.2 Å². The van der Waals surface area contributed by atoms with Crippen LogP contribution in [0, 0.1) is 5.92 Å². The van der Waals surface area contributed by atoms with Crippen LogP contribution in [0.4, 0.5) is 16.3 Å². The Bertz CT molecular complexity index is 868. The molecule has 0 spiro atoms. The van der Waals surface area contributed by atoms with Gasteiger partial charge in [-0.2, -0.15) is 0 Å². The summed E-state index contributed by atoms with van der Waals surface area (Å²) in [4.78, 5) is 39.9. The number of anilines is 2. The lowest BCUT2D eigenvalue weighted by Crippen LogP contribution is -2.42. The molecule has 3 amide bonds. The van der Waals surface area contributed by atoms with E-state index in [1.54, 1.807) is 30.3 Å². The van der Waals surface area contributed by atoms with Crippen LogP contribution in [-0.2, 0) is 9.53 Å². The summed E-state index contributed by atoms with van der Waals surface area (Å²) < 4.78 is 10.4. The number of carbonyl (C=O) groups is 3. The van der Waals surface area contributed by atoms with Gasteiger partial charge in [-0.05, 0) is 49.2 Å². The number of amides is 3. The van der Waals surface area contributed by atoms with Gasteiger partial charge in [-0.3, -0.25) is 10.1 Å². The highest BCUT2D eigenvalue weighted by Crippen LogP contribution is 2.21. The quantitative estimate of drug-likeness (QED) is 0.540. The van der Waals surface area contributed by atoms with E-state index in [-0.39, 0.29) is 17.3 Å². The van der Waals surface area contributed by atoms with E-state index in [1.165, 1.54) is 12.3 Å². The minimum atomic E-state index is -0.741. The molecular weight excluding hydrogens is 388 g/mol. The number of hydrogen-bond acceptors (Lipinski definition) is 7. The summed E-state index contributed by atoms with van der Waals surface area (Å²) in [6.45, 7) is 6.15. The van der Waals surface area contributed by atoms with E-state index in [9.17, 15) is 14.4 Å². The summed E-state index contributed by atoms with van der Waals surface area (Å²) in [6.07, 6.45) is 1.53. The fraction of sp³-hybridized carbons (Fsp3) is 0.333. The average Bonchev–Trinajstić information content (AvgIpc) is 2.72. The van der Waals surface area contributed by atoms with Gasteiger partial charge < -0.3 is 20.1 Å². The normalized spacial score (nSPS) is 10.3. The molecule has 30 heavy (non-hydrogen) atoms. The third-order valence-corrected chi connectivity index (χ3v) is 3.71. The average molecular weight is 414 g/mol. The largest absolute Gasteiger partial charge is 0.494 e. The number of urea groups is 1. The Morgan fingerprint density at radius 1 is 1.10 bits per heavy atom. The van der Waals surface area contributed by atoms with Crippen LogP contribution >= 0.6 is 0 Å². The number of esters is 1. The first-order chi connectivity index (χ1) is 14.4. The number of benzene rings is 1. The monoisotopic (exact) mass is 414 g/mol. The summed E-state index contributed by atoms with van der Waals surface area (Å²) >= 11 is 0. The minimum Gasteiger partial charge on any atom is -0.494 e. The zero-order chi connectivity index (χ0) is 21.9. The molecule has 0 radical (unpaired) electrons. The molecule has 160 valence electrons. The van der Waals surface area contributed by atoms with Gasteiger partial charge in [0, 0.05) is 18.4 Å². The van der Waals surface area contributed by atoms with E-state index in [0.29, 0.717) is 18.8 Å². The standard InChI is InChI=1S/C21H26N4O5/c1-4-29-16-9-7-15(8-10-16)24-19-17(6-5-11-22-19)20(27)30-13-18(26)25-21(28)23-12-14(2)3/h5-11,14H,4,12-13H2,1-3H3,(H,22,24)(H2,23,25,26,28). The van der Waals surface area contributed by atoms with Gasteiger partial charge in [0.05, 0.1) is 6.61 Å². The molecule has 0 aliphatic carbocycles. The van der Waals surface area contributed by atoms with Crippen LogP contribution in [-0.4, -0.2) is 42.7 Å². The highest BCUT2D eigenvalue weighted by atomic mass is 16.5. The van der Waals surface area contributed by atoms with E-state index in [1.807, 2.05) is 20.8 Å². The molecule has 9 heteroatoms. The minimum absolute atomic E-state index is 0.156. The van der Waals surface area contributed by atoms with E-state index in [0.717, 1.165) is 5.75 Å². The van der Waals surface area contributed by atoms with Crippen molar-refractivity contribution in [3.63, 3.8) is 0 Å². The van der Waals surface area contributed by atoms with Crippen LogP contribution in [0.15, 0.2) is 42.6 Å². The summed E-state index contributed by atoms with van der Waals surface area (Å²) in [5.41, 5.74) is 0.856.